The number of carboxylic acids is 1. The van der Waals surface area contributed by atoms with E-state index in [-0.39, 0.29) is 19.6 Å². The molecule has 0 saturated carbocycles. The number of carbonyl (C=O) groups is 3. The van der Waals surface area contributed by atoms with E-state index in [1.54, 1.807) is 6.92 Å². The number of aliphatic hydroxyl groups excluding tert-OH is 1. The van der Waals surface area contributed by atoms with Gasteiger partial charge < -0.3 is 35.1 Å². The molecule has 218 valence electrons. The molecule has 0 aromatic rings. The van der Waals surface area contributed by atoms with Gasteiger partial charge in [0.25, 0.3) is 0 Å². The van der Waals surface area contributed by atoms with Crippen LogP contribution in [0.15, 0.2) is 11.8 Å². The first-order valence-corrected chi connectivity index (χ1v) is 14.1. The number of esters is 1. The van der Waals surface area contributed by atoms with Gasteiger partial charge in [0, 0.05) is 32.1 Å². The van der Waals surface area contributed by atoms with Crippen LogP contribution in [0, 0.1) is 11.3 Å². The third-order valence-electron chi connectivity index (χ3n) is 6.61. The van der Waals surface area contributed by atoms with Crippen LogP contribution >= 0.6 is 0 Å². The number of amides is 1. The molecular formula is C28H48N2O8. The lowest BCUT2D eigenvalue weighted by molar-refractivity contribution is -0.163. The summed E-state index contributed by atoms with van der Waals surface area (Å²) in [7, 11) is 0. The summed E-state index contributed by atoms with van der Waals surface area (Å²) in [4.78, 5) is 35.6. The van der Waals surface area contributed by atoms with E-state index in [9.17, 15) is 24.6 Å². The van der Waals surface area contributed by atoms with E-state index in [1.165, 1.54) is 57.9 Å². The summed E-state index contributed by atoms with van der Waals surface area (Å²) in [6.45, 7) is 4.99. The minimum atomic E-state index is -1.34. The topological polar surface area (TPSA) is 155 Å². The van der Waals surface area contributed by atoms with Crippen molar-refractivity contribution in [3.63, 3.8) is 0 Å². The number of rotatable bonds is 21. The highest BCUT2D eigenvalue weighted by atomic mass is 16.6. The summed E-state index contributed by atoms with van der Waals surface area (Å²) in [5.74, 6) is -3.38. The van der Waals surface area contributed by atoms with Crippen LogP contribution in [0.5, 0.6) is 0 Å². The van der Waals surface area contributed by atoms with E-state index >= 15 is 0 Å². The Kier molecular flexibility index (Phi) is 17.3. The quantitative estimate of drug-likeness (QED) is 0.0962. The Hall–Kier alpha value is -2.46. The zero-order valence-electron chi connectivity index (χ0n) is 23.3. The minimum absolute atomic E-state index is 0.155. The SMILES string of the molecule is CCCCCCCCCCCCCC(=O)OCC(O)C(OCC)C1OC(C(=O)O)=CC(C=N)C1NC(C)=O. The molecule has 38 heavy (non-hydrogen) atoms. The number of ether oxygens (including phenoxy) is 3. The van der Waals surface area contributed by atoms with Gasteiger partial charge in [-0.05, 0) is 19.4 Å². The molecule has 1 rings (SSSR count). The van der Waals surface area contributed by atoms with Crippen LogP contribution in [-0.4, -0.2) is 71.8 Å². The molecule has 0 radical (unpaired) electrons. The van der Waals surface area contributed by atoms with E-state index in [4.69, 9.17) is 19.6 Å². The lowest BCUT2D eigenvalue weighted by Gasteiger charge is -2.40. The molecule has 1 heterocycles. The highest BCUT2D eigenvalue weighted by Gasteiger charge is 2.44. The molecule has 1 amide bonds. The minimum Gasteiger partial charge on any atom is -0.478 e. The molecule has 5 unspecified atom stereocenters. The highest BCUT2D eigenvalue weighted by Crippen LogP contribution is 2.27. The molecule has 1 aliphatic rings. The summed E-state index contributed by atoms with van der Waals surface area (Å²) >= 11 is 0. The Morgan fingerprint density at radius 2 is 1.63 bits per heavy atom. The molecule has 0 saturated heterocycles. The van der Waals surface area contributed by atoms with Gasteiger partial charge in [-0.15, -0.1) is 0 Å². The van der Waals surface area contributed by atoms with Crippen molar-refractivity contribution < 1.29 is 38.8 Å². The molecule has 5 atom stereocenters. The lowest BCUT2D eigenvalue weighted by Crippen LogP contribution is -2.59. The van der Waals surface area contributed by atoms with Gasteiger partial charge in [0.15, 0.2) is 0 Å². The third kappa shape index (κ3) is 12.9. The van der Waals surface area contributed by atoms with Crippen molar-refractivity contribution in [3.05, 3.63) is 11.8 Å². The molecular weight excluding hydrogens is 492 g/mol. The average Bonchev–Trinajstić information content (AvgIpc) is 2.88. The van der Waals surface area contributed by atoms with Crippen LogP contribution in [0.25, 0.3) is 0 Å². The van der Waals surface area contributed by atoms with Crippen molar-refractivity contribution in [2.24, 2.45) is 5.92 Å². The Morgan fingerprint density at radius 1 is 1.05 bits per heavy atom. The molecule has 10 nitrogen and oxygen atoms in total. The van der Waals surface area contributed by atoms with Crippen molar-refractivity contribution in [1.29, 1.82) is 5.41 Å². The van der Waals surface area contributed by atoms with E-state index in [0.29, 0.717) is 6.42 Å². The summed E-state index contributed by atoms with van der Waals surface area (Å²) in [5, 5.41) is 30.6. The Bertz CT molecular complexity index is 757. The number of hydrogen-bond donors (Lipinski definition) is 4. The molecule has 4 N–H and O–H groups in total. The van der Waals surface area contributed by atoms with Crippen molar-refractivity contribution in [2.45, 2.75) is 122 Å². The fourth-order valence-electron chi connectivity index (χ4n) is 4.61. The number of aliphatic hydroxyl groups is 1. The van der Waals surface area contributed by atoms with Gasteiger partial charge in [0.2, 0.25) is 11.7 Å². The van der Waals surface area contributed by atoms with E-state index in [1.807, 2.05) is 0 Å². The van der Waals surface area contributed by atoms with Gasteiger partial charge in [-0.25, -0.2) is 4.79 Å². The molecule has 10 heteroatoms. The Morgan fingerprint density at radius 3 is 2.13 bits per heavy atom. The number of nitrogens with one attached hydrogen (secondary N) is 2. The number of carbonyl (C=O) groups excluding carboxylic acids is 2. The van der Waals surface area contributed by atoms with E-state index < -0.39 is 53.9 Å². The number of aliphatic carboxylic acids is 1. The zero-order valence-corrected chi connectivity index (χ0v) is 23.3. The van der Waals surface area contributed by atoms with Crippen molar-refractivity contribution in [2.75, 3.05) is 13.2 Å². The maximum atomic E-state index is 12.2. The second-order valence-corrected chi connectivity index (χ2v) is 9.84. The van der Waals surface area contributed by atoms with Gasteiger partial charge in [-0.1, -0.05) is 71.1 Å². The highest BCUT2D eigenvalue weighted by molar-refractivity contribution is 5.86. The van der Waals surface area contributed by atoms with Crippen LogP contribution in [-0.2, 0) is 28.6 Å². The summed E-state index contributed by atoms with van der Waals surface area (Å²) in [6.07, 6.45) is 11.8. The van der Waals surface area contributed by atoms with Crippen LogP contribution in [0.1, 0.15) is 97.8 Å². The molecule has 0 fully saturated rings. The first-order chi connectivity index (χ1) is 18.2. The Labute approximate surface area is 227 Å². The lowest BCUT2D eigenvalue weighted by atomic mass is 9.87. The van der Waals surface area contributed by atoms with Crippen LogP contribution in [0.2, 0.25) is 0 Å². The zero-order chi connectivity index (χ0) is 28.3. The summed E-state index contributed by atoms with van der Waals surface area (Å²) < 4.78 is 16.5. The second-order valence-electron chi connectivity index (χ2n) is 9.84. The maximum absolute atomic E-state index is 12.2. The van der Waals surface area contributed by atoms with Gasteiger partial charge >= 0.3 is 11.9 Å². The Balaban J connectivity index is 2.54. The van der Waals surface area contributed by atoms with Crippen molar-refractivity contribution >= 4 is 24.1 Å². The predicted octanol–water partition coefficient (Wildman–Crippen LogP) is 4.13. The normalized spacial score (nSPS) is 20.5. The van der Waals surface area contributed by atoms with Crippen molar-refractivity contribution in [3.8, 4) is 0 Å². The fourth-order valence-corrected chi connectivity index (χ4v) is 4.61. The van der Waals surface area contributed by atoms with E-state index in [2.05, 4.69) is 12.2 Å². The number of carboxylic acid groups (broad SMARTS) is 1. The van der Waals surface area contributed by atoms with Crippen LogP contribution in [0.4, 0.5) is 0 Å². The molecule has 0 spiro atoms. The molecule has 0 aromatic heterocycles. The first kappa shape index (κ1) is 33.6. The fraction of sp³-hybridized carbons (Fsp3) is 0.786. The monoisotopic (exact) mass is 540 g/mol. The van der Waals surface area contributed by atoms with Crippen molar-refractivity contribution in [1.82, 2.24) is 5.32 Å². The largest absolute Gasteiger partial charge is 0.478 e. The smallest absolute Gasteiger partial charge is 0.370 e. The van der Waals surface area contributed by atoms with E-state index in [0.717, 1.165) is 25.5 Å². The average molecular weight is 541 g/mol. The van der Waals surface area contributed by atoms with Gasteiger partial charge in [0.05, 0.1) is 6.04 Å². The van der Waals surface area contributed by atoms with Gasteiger partial charge in [0.1, 0.15) is 24.9 Å². The van der Waals surface area contributed by atoms with Crippen LogP contribution < -0.4 is 5.32 Å². The van der Waals surface area contributed by atoms with Crippen LogP contribution in [0.3, 0.4) is 0 Å². The number of unbranched alkanes of at least 4 members (excludes halogenated alkanes) is 10. The third-order valence-corrected chi connectivity index (χ3v) is 6.61. The number of hydrogen-bond acceptors (Lipinski definition) is 8. The maximum Gasteiger partial charge on any atom is 0.370 e. The summed E-state index contributed by atoms with van der Waals surface area (Å²) in [5.41, 5.74) is 0. The molecule has 1 aliphatic heterocycles. The second kappa shape index (κ2) is 19.6. The van der Waals surface area contributed by atoms with Gasteiger partial charge in [-0.2, -0.15) is 0 Å². The molecule has 0 aliphatic carbocycles. The molecule has 0 bridgehead atoms. The van der Waals surface area contributed by atoms with Gasteiger partial charge in [-0.3, -0.25) is 9.59 Å². The summed E-state index contributed by atoms with van der Waals surface area (Å²) in [6, 6.07) is -0.855. The first-order valence-electron chi connectivity index (χ1n) is 14.1. The molecule has 0 aromatic carbocycles. The standard InChI is InChI=1S/C28H48N2O8/c1-4-6-7-8-9-10-11-12-13-14-15-16-24(33)37-19-22(32)26(36-5-2)27-25(30-20(3)31)21(18-29)17-23(38-27)28(34)35/h17-18,21-22,25-27,29,32H,4-16,19H2,1-3H3,(H,30,31)(H,34,35). The predicted molar refractivity (Wildman–Crippen MR) is 144 cm³/mol.